The molecule has 0 bridgehead atoms. The molecule has 0 aliphatic heterocycles. The zero-order valence-corrected chi connectivity index (χ0v) is 10.4. The van der Waals surface area contributed by atoms with Gasteiger partial charge in [-0.1, -0.05) is 0 Å². The Morgan fingerprint density at radius 3 is 2.53 bits per heavy atom. The van der Waals surface area contributed by atoms with Gasteiger partial charge in [0.05, 0.1) is 15.9 Å². The molecule has 1 atom stereocenters. The van der Waals surface area contributed by atoms with Gasteiger partial charge in [0.15, 0.2) is 0 Å². The van der Waals surface area contributed by atoms with Gasteiger partial charge in [0, 0.05) is 30.8 Å². The molecule has 1 unspecified atom stereocenters. The van der Waals surface area contributed by atoms with Crippen molar-refractivity contribution in [2.75, 3.05) is 6.61 Å². The fraction of sp³-hybridized carbons (Fsp3) is 0.455. The quantitative estimate of drug-likeness (QED) is 0.570. The largest absolute Gasteiger partial charge is 0.396 e. The number of rotatable bonds is 7. The number of benzene rings is 1. The maximum Gasteiger partial charge on any atom is 0.280 e. The minimum absolute atomic E-state index is 0.000189. The van der Waals surface area contributed by atoms with Crippen LogP contribution in [0.2, 0.25) is 0 Å². The number of non-ortho nitro benzene ring substituents is 1. The van der Waals surface area contributed by atoms with Crippen molar-refractivity contribution in [1.29, 1.82) is 0 Å². The Balaban J connectivity index is 2.88. The van der Waals surface area contributed by atoms with Crippen LogP contribution in [-0.4, -0.2) is 27.6 Å². The second kappa shape index (κ2) is 6.76. The van der Waals surface area contributed by atoms with Crippen molar-refractivity contribution < 1.29 is 15.0 Å². The molecule has 0 amide bonds. The number of nitrogens with one attached hydrogen (secondary N) is 1. The van der Waals surface area contributed by atoms with Crippen LogP contribution in [0.25, 0.3) is 0 Å². The number of aliphatic hydroxyl groups excluding tert-OH is 1. The molecule has 8 heteroatoms. The van der Waals surface area contributed by atoms with Crippen molar-refractivity contribution in [2.45, 2.75) is 25.9 Å². The van der Waals surface area contributed by atoms with E-state index in [-0.39, 0.29) is 30.6 Å². The van der Waals surface area contributed by atoms with Crippen molar-refractivity contribution >= 4 is 11.4 Å². The molecule has 0 aromatic heterocycles. The summed E-state index contributed by atoms with van der Waals surface area (Å²) in [6.45, 7) is 2.08. The van der Waals surface area contributed by atoms with Gasteiger partial charge >= 0.3 is 0 Å². The summed E-state index contributed by atoms with van der Waals surface area (Å²) < 4.78 is 0. The van der Waals surface area contributed by atoms with E-state index >= 15 is 0 Å². The predicted octanol–water partition coefficient (Wildman–Crippen LogP) is 1.36. The molecule has 0 saturated heterocycles. The van der Waals surface area contributed by atoms with Crippen LogP contribution in [0.3, 0.4) is 0 Å². The molecule has 1 aromatic carbocycles. The molecular weight excluding hydrogens is 254 g/mol. The molecule has 104 valence electrons. The van der Waals surface area contributed by atoms with Crippen LogP contribution in [0.15, 0.2) is 18.2 Å². The Hall–Kier alpha value is -2.06. The van der Waals surface area contributed by atoms with Gasteiger partial charge in [0.25, 0.3) is 11.4 Å². The zero-order chi connectivity index (χ0) is 14.4. The number of nitrogens with zero attached hydrogens (tertiary/aromatic N) is 2. The third-order valence-corrected chi connectivity index (χ3v) is 2.68. The van der Waals surface area contributed by atoms with E-state index in [0.29, 0.717) is 12.0 Å². The molecule has 0 aliphatic carbocycles. The monoisotopic (exact) mass is 269 g/mol. The smallest absolute Gasteiger partial charge is 0.280 e. The van der Waals surface area contributed by atoms with E-state index < -0.39 is 9.85 Å². The SMILES string of the molecule is CC(CCO)NCc1ccc([N+](=O)[O-])cc1[N+](=O)[O-]. The molecule has 0 fully saturated rings. The molecule has 0 aliphatic rings. The van der Waals surface area contributed by atoms with Crippen molar-refractivity contribution in [2.24, 2.45) is 0 Å². The lowest BCUT2D eigenvalue weighted by Crippen LogP contribution is -2.26. The molecular formula is C11H15N3O5. The predicted molar refractivity (Wildman–Crippen MR) is 67.8 cm³/mol. The second-order valence-electron chi connectivity index (χ2n) is 4.12. The lowest BCUT2D eigenvalue weighted by atomic mass is 10.1. The van der Waals surface area contributed by atoms with Gasteiger partial charge in [-0.25, -0.2) is 0 Å². The fourth-order valence-electron chi connectivity index (χ4n) is 1.57. The maximum atomic E-state index is 10.9. The number of nitro benzene ring substituents is 2. The molecule has 2 N–H and O–H groups in total. The van der Waals surface area contributed by atoms with Gasteiger partial charge in [-0.15, -0.1) is 0 Å². The molecule has 0 saturated carbocycles. The Morgan fingerprint density at radius 1 is 1.32 bits per heavy atom. The highest BCUT2D eigenvalue weighted by Gasteiger charge is 2.19. The van der Waals surface area contributed by atoms with E-state index in [1.54, 1.807) is 0 Å². The standard InChI is InChI=1S/C11H15N3O5/c1-8(4-5-15)12-7-9-2-3-10(13(16)17)6-11(9)14(18)19/h2-3,6,8,12,15H,4-5,7H2,1H3. The zero-order valence-electron chi connectivity index (χ0n) is 10.4. The Kier molecular flexibility index (Phi) is 5.34. The van der Waals surface area contributed by atoms with E-state index in [9.17, 15) is 20.2 Å². The summed E-state index contributed by atoms with van der Waals surface area (Å²) >= 11 is 0. The highest BCUT2D eigenvalue weighted by Crippen LogP contribution is 2.24. The minimum atomic E-state index is -0.668. The van der Waals surface area contributed by atoms with Gasteiger partial charge in [0.1, 0.15) is 0 Å². The van der Waals surface area contributed by atoms with Gasteiger partial charge in [0.2, 0.25) is 0 Å². The Morgan fingerprint density at radius 2 is 2.00 bits per heavy atom. The molecule has 1 aromatic rings. The van der Waals surface area contributed by atoms with Crippen LogP contribution in [0.1, 0.15) is 18.9 Å². The highest BCUT2D eigenvalue weighted by molar-refractivity contribution is 5.49. The average Bonchev–Trinajstić information content (AvgIpc) is 2.36. The van der Waals surface area contributed by atoms with Gasteiger partial charge in [-0.2, -0.15) is 0 Å². The third kappa shape index (κ3) is 4.27. The van der Waals surface area contributed by atoms with Crippen LogP contribution in [-0.2, 0) is 6.54 Å². The molecule has 0 radical (unpaired) electrons. The molecule has 1 rings (SSSR count). The summed E-state index contributed by atoms with van der Waals surface area (Å²) in [5.74, 6) is 0. The van der Waals surface area contributed by atoms with E-state index in [1.807, 2.05) is 6.92 Å². The summed E-state index contributed by atoms with van der Waals surface area (Å²) in [5.41, 5.74) is -0.211. The number of aliphatic hydroxyl groups is 1. The second-order valence-corrected chi connectivity index (χ2v) is 4.12. The number of hydrogen-bond donors (Lipinski definition) is 2. The van der Waals surface area contributed by atoms with Crippen LogP contribution in [0, 0.1) is 20.2 Å². The first-order chi connectivity index (χ1) is 8.95. The molecule has 0 heterocycles. The van der Waals surface area contributed by atoms with Crippen molar-refractivity contribution in [3.63, 3.8) is 0 Å². The maximum absolute atomic E-state index is 10.9. The van der Waals surface area contributed by atoms with E-state index in [2.05, 4.69) is 5.32 Å². The van der Waals surface area contributed by atoms with Crippen LogP contribution < -0.4 is 5.32 Å². The Bertz CT molecular complexity index is 477. The fourth-order valence-corrected chi connectivity index (χ4v) is 1.57. The lowest BCUT2D eigenvalue weighted by molar-refractivity contribution is -0.394. The first kappa shape index (κ1) is 15.0. The van der Waals surface area contributed by atoms with Crippen LogP contribution in [0.5, 0.6) is 0 Å². The van der Waals surface area contributed by atoms with E-state index in [0.717, 1.165) is 6.07 Å². The highest BCUT2D eigenvalue weighted by atomic mass is 16.6. The normalized spacial score (nSPS) is 12.1. The topological polar surface area (TPSA) is 119 Å². The molecule has 0 spiro atoms. The summed E-state index contributed by atoms with van der Waals surface area (Å²) in [6.07, 6.45) is 0.529. The van der Waals surface area contributed by atoms with Gasteiger partial charge in [-0.05, 0) is 19.4 Å². The number of hydrogen-bond acceptors (Lipinski definition) is 6. The lowest BCUT2D eigenvalue weighted by Gasteiger charge is -2.12. The van der Waals surface area contributed by atoms with Crippen LogP contribution in [0.4, 0.5) is 11.4 Å². The molecule has 8 nitrogen and oxygen atoms in total. The third-order valence-electron chi connectivity index (χ3n) is 2.68. The average molecular weight is 269 g/mol. The first-order valence-electron chi connectivity index (χ1n) is 5.71. The summed E-state index contributed by atoms with van der Waals surface area (Å²) in [5, 5.41) is 33.2. The van der Waals surface area contributed by atoms with Crippen molar-refractivity contribution in [3.8, 4) is 0 Å². The van der Waals surface area contributed by atoms with E-state index in [4.69, 9.17) is 5.11 Å². The first-order valence-corrected chi connectivity index (χ1v) is 5.71. The van der Waals surface area contributed by atoms with Crippen molar-refractivity contribution in [3.05, 3.63) is 44.0 Å². The van der Waals surface area contributed by atoms with Gasteiger partial charge in [-0.3, -0.25) is 20.2 Å². The van der Waals surface area contributed by atoms with Crippen LogP contribution >= 0.6 is 0 Å². The van der Waals surface area contributed by atoms with Gasteiger partial charge < -0.3 is 10.4 Å². The molecule has 19 heavy (non-hydrogen) atoms. The summed E-state index contributed by atoms with van der Waals surface area (Å²) in [7, 11) is 0. The summed E-state index contributed by atoms with van der Waals surface area (Å²) in [6, 6.07) is 3.56. The van der Waals surface area contributed by atoms with E-state index in [1.165, 1.54) is 12.1 Å². The number of nitro groups is 2. The Labute approximate surface area is 109 Å². The minimum Gasteiger partial charge on any atom is -0.396 e. The van der Waals surface area contributed by atoms with Crippen molar-refractivity contribution in [1.82, 2.24) is 5.32 Å². The summed E-state index contributed by atoms with van der Waals surface area (Å²) in [4.78, 5) is 20.2.